The standard InChI is InChI=1S/C48H76N2O7/c1-41(2,40(54)55)27-36(51)57-35-18-19-44(7)32(43(35,5)6)17-20-46(9)33(44)15-14-29-37-30(47(10)28-56-47)16-21-48(37,23-22-45(29,46)8)39(53)49-34-26-31(42(34,3)4)38(52)50-24-12-11-13-25-50/h29-35,37H,11-28H2,1-10H3,(H,49,53)(H,54,55)/t29?,30-,31-,32+,33-,34-,35+,37+,44+,45-,46-,47?,48+/m1/s1. The number of nitrogens with zero attached hydrogens (tertiary/aromatic N) is 1. The number of nitrogens with one attached hydrogen (secondary N) is 1. The molecule has 0 bridgehead atoms. The van der Waals surface area contributed by atoms with Crippen molar-refractivity contribution >= 4 is 23.8 Å². The lowest BCUT2D eigenvalue weighted by atomic mass is 9.32. The number of carbonyl (C=O) groups is 4. The van der Waals surface area contributed by atoms with Crippen LogP contribution in [0.3, 0.4) is 0 Å². The molecule has 13 atom stereocenters. The number of fused-ring (bicyclic) bond motifs is 7. The molecule has 0 aromatic carbocycles. The van der Waals surface area contributed by atoms with Crippen molar-refractivity contribution < 1.29 is 33.8 Å². The number of amides is 2. The van der Waals surface area contributed by atoms with Gasteiger partial charge < -0.3 is 24.8 Å². The summed E-state index contributed by atoms with van der Waals surface area (Å²) in [6.45, 7) is 24.8. The molecule has 2 unspecified atom stereocenters. The summed E-state index contributed by atoms with van der Waals surface area (Å²) in [6, 6.07) is 0.0174. The number of hydrogen-bond acceptors (Lipinski definition) is 6. The minimum Gasteiger partial charge on any atom is -0.481 e. The van der Waals surface area contributed by atoms with Crippen molar-refractivity contribution in [3.05, 3.63) is 0 Å². The second kappa shape index (κ2) is 13.4. The summed E-state index contributed by atoms with van der Waals surface area (Å²) < 4.78 is 12.5. The van der Waals surface area contributed by atoms with E-state index in [9.17, 15) is 19.5 Å². The van der Waals surface area contributed by atoms with Crippen molar-refractivity contribution in [2.45, 2.75) is 183 Å². The number of hydrogen-bond donors (Lipinski definition) is 2. The lowest BCUT2D eigenvalue weighted by Crippen LogP contribution is -2.69. The largest absolute Gasteiger partial charge is 0.481 e. The molecule has 6 aliphatic carbocycles. The van der Waals surface area contributed by atoms with Crippen LogP contribution in [0.4, 0.5) is 0 Å². The Morgan fingerprint density at radius 2 is 1.46 bits per heavy atom. The van der Waals surface area contributed by atoms with Gasteiger partial charge in [0.1, 0.15) is 6.10 Å². The van der Waals surface area contributed by atoms with E-state index in [1.807, 2.05) is 0 Å². The Morgan fingerprint density at radius 1 is 0.772 bits per heavy atom. The molecule has 9 heteroatoms. The van der Waals surface area contributed by atoms with Crippen LogP contribution in [0.25, 0.3) is 0 Å². The van der Waals surface area contributed by atoms with Crippen LogP contribution in [0.15, 0.2) is 0 Å². The molecule has 2 aliphatic heterocycles. The van der Waals surface area contributed by atoms with E-state index in [4.69, 9.17) is 9.47 Å². The minimum atomic E-state index is -1.16. The molecule has 8 aliphatic rings. The van der Waals surface area contributed by atoms with Gasteiger partial charge in [0.15, 0.2) is 0 Å². The number of carboxylic acid groups (broad SMARTS) is 1. The van der Waals surface area contributed by atoms with Crippen molar-refractivity contribution in [1.29, 1.82) is 0 Å². The van der Waals surface area contributed by atoms with Gasteiger partial charge >= 0.3 is 11.9 Å². The number of rotatable bonds is 8. The number of piperidine rings is 1. The third-order valence-corrected chi connectivity index (χ3v) is 20.2. The predicted octanol–water partition coefficient (Wildman–Crippen LogP) is 8.81. The topological polar surface area (TPSA) is 126 Å². The maximum absolute atomic E-state index is 15.1. The fourth-order valence-electron chi connectivity index (χ4n) is 16.0. The molecular weight excluding hydrogens is 717 g/mol. The van der Waals surface area contributed by atoms with Gasteiger partial charge in [-0.15, -0.1) is 0 Å². The van der Waals surface area contributed by atoms with E-state index in [1.54, 1.807) is 13.8 Å². The first kappa shape index (κ1) is 41.6. The number of aliphatic carboxylic acids is 1. The smallest absolute Gasteiger partial charge is 0.309 e. The molecule has 0 aromatic heterocycles. The van der Waals surface area contributed by atoms with Crippen LogP contribution in [0.5, 0.6) is 0 Å². The lowest BCUT2D eigenvalue weighted by molar-refractivity contribution is -0.251. The number of ether oxygens (including phenoxy) is 2. The zero-order chi connectivity index (χ0) is 41.4. The Labute approximate surface area is 343 Å². The third-order valence-electron chi connectivity index (χ3n) is 20.2. The summed E-state index contributed by atoms with van der Waals surface area (Å²) in [5, 5.41) is 13.3. The van der Waals surface area contributed by atoms with Crippen molar-refractivity contribution in [3.8, 4) is 0 Å². The summed E-state index contributed by atoms with van der Waals surface area (Å²) in [6.07, 6.45) is 14.1. The number of carboxylic acids is 1. The molecular formula is C48H76N2O7. The highest BCUT2D eigenvalue weighted by atomic mass is 16.6. The predicted molar refractivity (Wildman–Crippen MR) is 219 cm³/mol. The van der Waals surface area contributed by atoms with Crippen LogP contribution >= 0.6 is 0 Å². The van der Waals surface area contributed by atoms with Gasteiger partial charge in [-0.1, -0.05) is 48.5 Å². The van der Waals surface area contributed by atoms with Gasteiger partial charge in [0.05, 0.1) is 29.5 Å². The van der Waals surface area contributed by atoms with Gasteiger partial charge in [0, 0.05) is 30.5 Å². The molecule has 8 fully saturated rings. The van der Waals surface area contributed by atoms with Gasteiger partial charge in [0.2, 0.25) is 11.8 Å². The molecule has 6 saturated carbocycles. The summed E-state index contributed by atoms with van der Waals surface area (Å²) in [4.78, 5) is 55.8. The first-order valence-corrected chi connectivity index (χ1v) is 23.1. The molecule has 9 nitrogen and oxygen atoms in total. The van der Waals surface area contributed by atoms with Gasteiger partial charge in [-0.25, -0.2) is 0 Å². The van der Waals surface area contributed by atoms with Crippen molar-refractivity contribution in [2.24, 2.45) is 73.4 Å². The van der Waals surface area contributed by atoms with Crippen LogP contribution in [-0.2, 0) is 28.7 Å². The summed E-state index contributed by atoms with van der Waals surface area (Å²) in [5.74, 6) is 1.16. The maximum Gasteiger partial charge on any atom is 0.309 e. The van der Waals surface area contributed by atoms with Crippen LogP contribution in [0.2, 0.25) is 0 Å². The molecule has 2 amide bonds. The lowest BCUT2D eigenvalue weighted by Gasteiger charge is -2.73. The number of likely N-dealkylation sites (tertiary alicyclic amines) is 1. The van der Waals surface area contributed by atoms with Crippen molar-refractivity contribution in [2.75, 3.05) is 19.7 Å². The Balaban J connectivity index is 1.02. The van der Waals surface area contributed by atoms with E-state index in [0.29, 0.717) is 29.6 Å². The van der Waals surface area contributed by atoms with E-state index < -0.39 is 22.8 Å². The van der Waals surface area contributed by atoms with Crippen molar-refractivity contribution in [3.63, 3.8) is 0 Å². The Kier molecular flexibility index (Phi) is 9.79. The van der Waals surface area contributed by atoms with Crippen LogP contribution in [-0.4, -0.2) is 71.2 Å². The maximum atomic E-state index is 15.1. The van der Waals surface area contributed by atoms with Crippen LogP contribution in [0.1, 0.15) is 166 Å². The fraction of sp³-hybridized carbons (Fsp3) is 0.917. The third kappa shape index (κ3) is 6.03. The molecule has 0 spiro atoms. The average molecular weight is 793 g/mol. The quantitative estimate of drug-likeness (QED) is 0.186. The van der Waals surface area contributed by atoms with Crippen molar-refractivity contribution in [1.82, 2.24) is 10.2 Å². The highest BCUT2D eigenvalue weighted by molar-refractivity contribution is 5.86. The highest BCUT2D eigenvalue weighted by Gasteiger charge is 2.74. The highest BCUT2D eigenvalue weighted by Crippen LogP contribution is 2.78. The van der Waals surface area contributed by atoms with E-state index in [-0.39, 0.29) is 69.0 Å². The Morgan fingerprint density at radius 3 is 2.09 bits per heavy atom. The minimum absolute atomic E-state index is 0.0174. The van der Waals surface area contributed by atoms with Gasteiger partial charge in [0.25, 0.3) is 0 Å². The first-order chi connectivity index (χ1) is 26.5. The molecule has 320 valence electrons. The Bertz CT molecular complexity index is 1660. The van der Waals surface area contributed by atoms with Gasteiger partial charge in [-0.05, 0) is 162 Å². The molecule has 57 heavy (non-hydrogen) atoms. The molecule has 2 heterocycles. The number of esters is 1. The first-order valence-electron chi connectivity index (χ1n) is 23.1. The fourth-order valence-corrected chi connectivity index (χ4v) is 16.0. The van der Waals surface area contributed by atoms with Crippen LogP contribution < -0.4 is 5.32 Å². The molecule has 8 rings (SSSR count). The van der Waals surface area contributed by atoms with Crippen LogP contribution in [0, 0.1) is 73.4 Å². The number of carbonyl (C=O) groups excluding carboxylic acids is 3. The summed E-state index contributed by atoms with van der Waals surface area (Å²) in [5.41, 5.74) is -1.89. The molecule has 0 aromatic rings. The second-order valence-electron chi connectivity index (χ2n) is 23.8. The molecule has 0 radical (unpaired) electrons. The normalized spacial score (nSPS) is 46.9. The zero-order valence-corrected chi connectivity index (χ0v) is 37.2. The SMILES string of the molecule is CC(C)(CC(=O)O[C@H]1CC[C@]2(C)[C@H]3CCC4[C@H]5[C@H](C6(C)CO6)CC[C@]5(C(=O)N[C@@H]5C[C@H](C(=O)N6CCCCC6)C5(C)C)CC[C@@]4(C)[C@]3(C)CC[C@H]2C1(C)C)C(=O)O. The van der Waals surface area contributed by atoms with E-state index in [1.165, 1.54) is 6.42 Å². The summed E-state index contributed by atoms with van der Waals surface area (Å²) in [7, 11) is 0. The van der Waals surface area contributed by atoms with Gasteiger partial charge in [-0.2, -0.15) is 0 Å². The Hall–Kier alpha value is -2.16. The van der Waals surface area contributed by atoms with E-state index >= 15 is 4.79 Å². The second-order valence-corrected chi connectivity index (χ2v) is 23.8. The molecule has 2 saturated heterocycles. The number of epoxide rings is 1. The monoisotopic (exact) mass is 793 g/mol. The molecule has 2 N–H and O–H groups in total. The van der Waals surface area contributed by atoms with Gasteiger partial charge in [-0.3, -0.25) is 19.2 Å². The summed E-state index contributed by atoms with van der Waals surface area (Å²) >= 11 is 0. The van der Waals surface area contributed by atoms with E-state index in [2.05, 4.69) is 65.6 Å². The zero-order valence-electron chi connectivity index (χ0n) is 37.2. The van der Waals surface area contributed by atoms with E-state index in [0.717, 1.165) is 103 Å². The average Bonchev–Trinajstić information content (AvgIpc) is 3.75.